The lowest BCUT2D eigenvalue weighted by molar-refractivity contribution is -0.203. The molecule has 2 aromatic rings. The summed E-state index contributed by atoms with van der Waals surface area (Å²) >= 11 is 0. The average molecular weight is 350 g/mol. The molecule has 2 aromatic carbocycles. The van der Waals surface area contributed by atoms with Crippen molar-refractivity contribution in [1.82, 2.24) is 10.4 Å². The Morgan fingerprint density at radius 3 is 2.52 bits per heavy atom. The third-order valence-corrected chi connectivity index (χ3v) is 4.74. The van der Waals surface area contributed by atoms with Crippen LogP contribution in [0, 0.1) is 0 Å². The summed E-state index contributed by atoms with van der Waals surface area (Å²) in [5.74, 6) is -0.395. The van der Waals surface area contributed by atoms with Gasteiger partial charge in [0.05, 0.1) is 0 Å². The summed E-state index contributed by atoms with van der Waals surface area (Å²) in [6.45, 7) is 5.26. The maximum atomic E-state index is 14.0. The largest absolute Gasteiger partial charge is 0.409 e. The minimum Gasteiger partial charge on any atom is -0.287 e. The maximum absolute atomic E-state index is 14.0. The van der Waals surface area contributed by atoms with E-state index in [9.17, 15) is 18.0 Å². The molecular formula is C19H21F3N2O. The Bertz CT molecular complexity index is 814. The van der Waals surface area contributed by atoms with Crippen molar-refractivity contribution in [2.75, 3.05) is 0 Å². The molecule has 1 atom stereocenters. The second kappa shape index (κ2) is 6.02. The van der Waals surface area contributed by atoms with E-state index in [4.69, 9.17) is 0 Å². The smallest absolute Gasteiger partial charge is 0.287 e. The summed E-state index contributed by atoms with van der Waals surface area (Å²) in [5.41, 5.74) is 2.63. The van der Waals surface area contributed by atoms with Gasteiger partial charge >= 0.3 is 6.18 Å². The highest BCUT2D eigenvalue weighted by Gasteiger charge is 2.53. The second-order valence-corrected chi connectivity index (χ2v) is 7.09. The zero-order valence-electron chi connectivity index (χ0n) is 14.4. The van der Waals surface area contributed by atoms with Crippen LogP contribution in [0.3, 0.4) is 0 Å². The molecule has 1 heterocycles. The molecule has 1 saturated heterocycles. The zero-order chi connectivity index (χ0) is 18.4. The molecule has 3 rings (SSSR count). The summed E-state index contributed by atoms with van der Waals surface area (Å²) in [6, 6.07) is 8.63. The van der Waals surface area contributed by atoms with Crippen molar-refractivity contribution in [3.05, 3.63) is 47.5 Å². The van der Waals surface area contributed by atoms with Crippen LogP contribution in [0.25, 0.3) is 10.8 Å². The molecule has 0 spiro atoms. The number of alkyl halides is 3. The van der Waals surface area contributed by atoms with Crippen molar-refractivity contribution in [3.8, 4) is 0 Å². The number of nitrogens with zero attached hydrogens (tertiary/aromatic N) is 1. The molecule has 0 saturated carbocycles. The van der Waals surface area contributed by atoms with E-state index in [1.165, 1.54) is 6.07 Å². The number of carbonyl (C=O) groups is 1. The Hall–Kier alpha value is -2.08. The van der Waals surface area contributed by atoms with E-state index in [0.29, 0.717) is 5.39 Å². The van der Waals surface area contributed by atoms with Crippen molar-refractivity contribution >= 4 is 16.7 Å². The van der Waals surface area contributed by atoms with Gasteiger partial charge in [-0.15, -0.1) is 0 Å². The summed E-state index contributed by atoms with van der Waals surface area (Å²) in [7, 11) is 0. The maximum Gasteiger partial charge on any atom is 0.409 e. The number of hydrogen-bond acceptors (Lipinski definition) is 2. The van der Waals surface area contributed by atoms with Gasteiger partial charge in [0, 0.05) is 12.0 Å². The second-order valence-electron chi connectivity index (χ2n) is 7.09. The van der Waals surface area contributed by atoms with Gasteiger partial charge in [0.15, 0.2) is 6.04 Å². The van der Waals surface area contributed by atoms with E-state index in [-0.39, 0.29) is 12.0 Å². The number of halogens is 3. The van der Waals surface area contributed by atoms with Gasteiger partial charge in [0.1, 0.15) is 0 Å². The number of amides is 1. The number of carbonyl (C=O) groups excluding carboxylic acids is 1. The fraction of sp³-hybridized carbons (Fsp3) is 0.421. The number of aryl methyl sites for hydroxylation is 1. The number of rotatable bonds is 3. The predicted molar refractivity (Wildman–Crippen MR) is 90.8 cm³/mol. The van der Waals surface area contributed by atoms with Gasteiger partial charge in [-0.3, -0.25) is 10.2 Å². The lowest BCUT2D eigenvalue weighted by Crippen LogP contribution is -2.51. The van der Waals surface area contributed by atoms with Gasteiger partial charge in [-0.05, 0) is 42.2 Å². The topological polar surface area (TPSA) is 32.3 Å². The molecule has 1 aliphatic rings. The van der Waals surface area contributed by atoms with E-state index in [1.807, 2.05) is 25.1 Å². The Morgan fingerprint density at radius 2 is 1.96 bits per heavy atom. The Morgan fingerprint density at radius 1 is 1.24 bits per heavy atom. The van der Waals surface area contributed by atoms with Gasteiger partial charge in [-0.1, -0.05) is 43.3 Å². The number of hydrogen-bond donors (Lipinski definition) is 1. The zero-order valence-corrected chi connectivity index (χ0v) is 14.4. The molecule has 1 amide bonds. The van der Waals surface area contributed by atoms with Crippen LogP contribution in [0.5, 0.6) is 0 Å². The molecule has 1 aliphatic heterocycles. The SMILES string of the molecule is CCc1ccc2cccc([C@H](N3NC(=O)CC3(C)C)C(F)(F)F)c2c1. The first-order valence-electron chi connectivity index (χ1n) is 8.30. The first-order chi connectivity index (χ1) is 11.6. The number of nitrogens with one attached hydrogen (secondary N) is 1. The van der Waals surface area contributed by atoms with Crippen molar-refractivity contribution in [1.29, 1.82) is 0 Å². The van der Waals surface area contributed by atoms with E-state index in [1.54, 1.807) is 26.0 Å². The lowest BCUT2D eigenvalue weighted by atomic mass is 9.93. The molecule has 0 radical (unpaired) electrons. The Balaban J connectivity index is 2.21. The quantitative estimate of drug-likeness (QED) is 0.883. The highest BCUT2D eigenvalue weighted by Crippen LogP contribution is 2.44. The van der Waals surface area contributed by atoms with Gasteiger partial charge in [-0.25, -0.2) is 0 Å². The number of fused-ring (bicyclic) bond motifs is 1. The molecule has 1 fully saturated rings. The van der Waals surface area contributed by atoms with Gasteiger partial charge < -0.3 is 0 Å². The molecule has 0 aromatic heterocycles. The molecule has 0 bridgehead atoms. The molecule has 25 heavy (non-hydrogen) atoms. The van der Waals surface area contributed by atoms with Crippen molar-refractivity contribution in [2.24, 2.45) is 0 Å². The Labute approximate surface area is 144 Å². The lowest BCUT2D eigenvalue weighted by Gasteiger charge is -2.38. The summed E-state index contributed by atoms with van der Waals surface area (Å²) in [6.07, 6.45) is -3.75. The number of benzene rings is 2. The van der Waals surface area contributed by atoms with Crippen molar-refractivity contribution in [2.45, 2.75) is 51.4 Å². The molecule has 6 heteroatoms. The minimum absolute atomic E-state index is 0.0323. The average Bonchev–Trinajstić information content (AvgIpc) is 2.78. The van der Waals surface area contributed by atoms with E-state index >= 15 is 0 Å². The van der Waals surface area contributed by atoms with Crippen molar-refractivity contribution < 1.29 is 18.0 Å². The normalized spacial score (nSPS) is 19.2. The van der Waals surface area contributed by atoms with E-state index in [2.05, 4.69) is 5.43 Å². The fourth-order valence-corrected chi connectivity index (χ4v) is 3.48. The van der Waals surface area contributed by atoms with Crippen LogP contribution in [-0.2, 0) is 11.2 Å². The third kappa shape index (κ3) is 3.23. The van der Waals surface area contributed by atoms with Crippen LogP contribution in [0.2, 0.25) is 0 Å². The molecule has 1 N–H and O–H groups in total. The van der Waals surface area contributed by atoms with Crippen LogP contribution < -0.4 is 5.43 Å². The molecule has 0 aliphatic carbocycles. The van der Waals surface area contributed by atoms with Crippen LogP contribution >= 0.6 is 0 Å². The fourth-order valence-electron chi connectivity index (χ4n) is 3.48. The minimum atomic E-state index is -4.52. The summed E-state index contributed by atoms with van der Waals surface area (Å²) in [4.78, 5) is 11.8. The predicted octanol–water partition coefficient (Wildman–Crippen LogP) is 4.52. The van der Waals surface area contributed by atoms with Crippen LogP contribution in [0.15, 0.2) is 36.4 Å². The Kier molecular flexibility index (Phi) is 4.27. The number of hydrazine groups is 1. The van der Waals surface area contributed by atoms with Crippen LogP contribution in [0.1, 0.15) is 44.4 Å². The molecule has 3 nitrogen and oxygen atoms in total. The van der Waals surface area contributed by atoms with Crippen molar-refractivity contribution in [3.63, 3.8) is 0 Å². The first kappa shape index (κ1) is 17.7. The van der Waals surface area contributed by atoms with Crippen LogP contribution in [0.4, 0.5) is 13.2 Å². The molecule has 134 valence electrons. The summed E-state index contributed by atoms with van der Waals surface area (Å²) in [5, 5.41) is 2.39. The highest BCUT2D eigenvalue weighted by molar-refractivity contribution is 5.87. The monoisotopic (exact) mass is 350 g/mol. The molecular weight excluding hydrogens is 329 g/mol. The standard InChI is InChI=1S/C19H21F3N2O/c1-4-12-8-9-13-6-5-7-14(15(13)10-12)17(19(20,21)22)24-18(2,3)11-16(25)23-24/h5-10,17H,4,11H2,1-3H3,(H,23,25)/t17-/m0/s1. The summed E-state index contributed by atoms with van der Waals surface area (Å²) < 4.78 is 42.1. The molecule has 0 unspecified atom stereocenters. The van der Waals surface area contributed by atoms with Gasteiger partial charge in [-0.2, -0.15) is 18.2 Å². The van der Waals surface area contributed by atoms with Crippen LogP contribution in [-0.4, -0.2) is 22.6 Å². The third-order valence-electron chi connectivity index (χ3n) is 4.74. The van der Waals surface area contributed by atoms with E-state index in [0.717, 1.165) is 22.4 Å². The van der Waals surface area contributed by atoms with Gasteiger partial charge in [0.25, 0.3) is 0 Å². The first-order valence-corrected chi connectivity index (χ1v) is 8.30. The van der Waals surface area contributed by atoms with E-state index < -0.39 is 23.7 Å². The highest BCUT2D eigenvalue weighted by atomic mass is 19.4. The van der Waals surface area contributed by atoms with Gasteiger partial charge in [0.2, 0.25) is 5.91 Å².